The minimum atomic E-state index is -0.891. The van der Waals surface area contributed by atoms with Gasteiger partial charge in [-0.25, -0.2) is 0 Å². The first-order valence-corrected chi connectivity index (χ1v) is 7.21. The first-order valence-electron chi connectivity index (χ1n) is 6.22. The van der Waals surface area contributed by atoms with Gasteiger partial charge in [0, 0.05) is 16.2 Å². The second-order valence-corrected chi connectivity index (χ2v) is 5.75. The molecule has 102 valence electrons. The second kappa shape index (κ2) is 5.17. The number of benzene rings is 1. The molecule has 0 aliphatic carbocycles. The zero-order valence-electron chi connectivity index (χ0n) is 10.6. The molecule has 1 aromatic carbocycles. The standard InChI is InChI=1S/C15H12O4S/c16-13(17)7-9-5-10-2-4-20-15(10)12(6-9)14(18)11-1-3-19-8-11/h1,3,5-6,8H,2,4,7H2,(H,16,17). The molecule has 0 spiro atoms. The predicted octanol–water partition coefficient (Wildman–Crippen LogP) is 2.79. The van der Waals surface area contributed by atoms with Crippen molar-refractivity contribution in [2.24, 2.45) is 0 Å². The highest BCUT2D eigenvalue weighted by atomic mass is 32.2. The summed E-state index contributed by atoms with van der Waals surface area (Å²) in [6.07, 6.45) is 3.68. The van der Waals surface area contributed by atoms with Crippen LogP contribution < -0.4 is 0 Å². The summed E-state index contributed by atoms with van der Waals surface area (Å²) in [5, 5.41) is 8.92. The molecule has 1 aliphatic rings. The van der Waals surface area contributed by atoms with Crippen molar-refractivity contribution in [3.63, 3.8) is 0 Å². The summed E-state index contributed by atoms with van der Waals surface area (Å²) in [4.78, 5) is 24.3. The molecule has 20 heavy (non-hydrogen) atoms. The Morgan fingerprint density at radius 2 is 2.20 bits per heavy atom. The summed E-state index contributed by atoms with van der Waals surface area (Å²) in [5.74, 6) is -0.0775. The van der Waals surface area contributed by atoms with Gasteiger partial charge in [-0.05, 0) is 29.7 Å². The fourth-order valence-corrected chi connectivity index (χ4v) is 3.55. The average molecular weight is 288 g/mol. The van der Waals surface area contributed by atoms with Gasteiger partial charge in [-0.1, -0.05) is 6.07 Å². The van der Waals surface area contributed by atoms with E-state index >= 15 is 0 Å². The van der Waals surface area contributed by atoms with Gasteiger partial charge in [0.1, 0.15) is 6.26 Å². The fraction of sp³-hybridized carbons (Fsp3) is 0.200. The zero-order chi connectivity index (χ0) is 14.1. The quantitative estimate of drug-likeness (QED) is 0.876. The van der Waals surface area contributed by atoms with Crippen molar-refractivity contribution < 1.29 is 19.1 Å². The number of rotatable bonds is 4. The molecule has 0 bridgehead atoms. The zero-order valence-corrected chi connectivity index (χ0v) is 11.4. The van der Waals surface area contributed by atoms with E-state index in [2.05, 4.69) is 0 Å². The third-order valence-electron chi connectivity index (χ3n) is 3.23. The first-order chi connectivity index (χ1) is 9.65. The van der Waals surface area contributed by atoms with E-state index in [-0.39, 0.29) is 12.2 Å². The molecule has 0 atom stereocenters. The highest BCUT2D eigenvalue weighted by Crippen LogP contribution is 2.36. The van der Waals surface area contributed by atoms with Crippen LogP contribution in [0.5, 0.6) is 0 Å². The van der Waals surface area contributed by atoms with Crippen molar-refractivity contribution in [2.75, 3.05) is 5.75 Å². The molecule has 1 N–H and O–H groups in total. The summed E-state index contributed by atoms with van der Waals surface area (Å²) in [6, 6.07) is 5.22. The highest BCUT2D eigenvalue weighted by Gasteiger charge is 2.23. The molecule has 1 aliphatic heterocycles. The summed E-state index contributed by atoms with van der Waals surface area (Å²) >= 11 is 1.65. The lowest BCUT2D eigenvalue weighted by Gasteiger charge is -2.09. The van der Waals surface area contributed by atoms with Crippen molar-refractivity contribution in [3.05, 3.63) is 53.0 Å². The van der Waals surface area contributed by atoms with E-state index in [1.54, 1.807) is 23.9 Å². The molecule has 3 rings (SSSR count). The third kappa shape index (κ3) is 2.36. The largest absolute Gasteiger partial charge is 0.481 e. The summed E-state index contributed by atoms with van der Waals surface area (Å²) < 4.78 is 4.95. The van der Waals surface area contributed by atoms with Crippen LogP contribution in [0.1, 0.15) is 27.0 Å². The second-order valence-electron chi connectivity index (χ2n) is 4.64. The van der Waals surface area contributed by atoms with E-state index in [0.717, 1.165) is 22.6 Å². The van der Waals surface area contributed by atoms with Crippen LogP contribution >= 0.6 is 11.8 Å². The fourth-order valence-electron chi connectivity index (χ4n) is 2.37. The molecule has 0 unspecified atom stereocenters. The van der Waals surface area contributed by atoms with Crippen LogP contribution in [0.4, 0.5) is 0 Å². The van der Waals surface area contributed by atoms with Gasteiger partial charge in [0.05, 0.1) is 18.2 Å². The van der Waals surface area contributed by atoms with Crippen LogP contribution in [-0.2, 0) is 17.6 Å². The molecule has 0 saturated heterocycles. The van der Waals surface area contributed by atoms with Crippen LogP contribution in [0.25, 0.3) is 0 Å². The van der Waals surface area contributed by atoms with Gasteiger partial charge >= 0.3 is 5.97 Å². The number of thioether (sulfide) groups is 1. The Bertz CT molecular complexity index is 673. The topological polar surface area (TPSA) is 67.5 Å². The third-order valence-corrected chi connectivity index (χ3v) is 4.41. The maximum Gasteiger partial charge on any atom is 0.307 e. The van der Waals surface area contributed by atoms with Gasteiger partial charge in [0.2, 0.25) is 0 Å². The van der Waals surface area contributed by atoms with Gasteiger partial charge < -0.3 is 9.52 Å². The molecule has 0 radical (unpaired) electrons. The molecular formula is C15H12O4S. The number of carboxylic acids is 1. The molecule has 0 amide bonds. The summed E-state index contributed by atoms with van der Waals surface area (Å²) in [5.41, 5.74) is 2.82. The number of aliphatic carboxylic acids is 1. The lowest BCUT2D eigenvalue weighted by molar-refractivity contribution is -0.136. The number of fused-ring (bicyclic) bond motifs is 1. The average Bonchev–Trinajstić information content (AvgIpc) is 3.07. The molecule has 5 heteroatoms. The molecular weight excluding hydrogens is 276 g/mol. The number of hydrogen-bond acceptors (Lipinski definition) is 4. The van der Waals surface area contributed by atoms with Gasteiger partial charge in [-0.2, -0.15) is 0 Å². The monoisotopic (exact) mass is 288 g/mol. The lowest BCUT2D eigenvalue weighted by Crippen LogP contribution is -2.06. The summed E-state index contributed by atoms with van der Waals surface area (Å²) in [7, 11) is 0. The smallest absolute Gasteiger partial charge is 0.307 e. The highest BCUT2D eigenvalue weighted by molar-refractivity contribution is 7.99. The van der Waals surface area contributed by atoms with Gasteiger partial charge in [0.15, 0.2) is 5.78 Å². The van der Waals surface area contributed by atoms with Gasteiger partial charge in [-0.15, -0.1) is 11.8 Å². The van der Waals surface area contributed by atoms with Crippen molar-refractivity contribution in [1.82, 2.24) is 0 Å². The van der Waals surface area contributed by atoms with E-state index in [9.17, 15) is 9.59 Å². The SMILES string of the molecule is O=C(O)Cc1cc2c(c(C(=O)c3ccoc3)c1)SCC2. The Hall–Kier alpha value is -2.01. The Labute approximate surface area is 119 Å². The number of aryl methyl sites for hydroxylation is 1. The Morgan fingerprint density at radius 3 is 2.90 bits per heavy atom. The van der Waals surface area contributed by atoms with E-state index in [0.29, 0.717) is 16.7 Å². The van der Waals surface area contributed by atoms with Crippen LogP contribution in [0.15, 0.2) is 40.0 Å². The molecule has 0 saturated carbocycles. The van der Waals surface area contributed by atoms with E-state index in [1.165, 1.54) is 12.5 Å². The first kappa shape index (κ1) is 13.0. The number of carboxylic acid groups (broad SMARTS) is 1. The molecule has 0 fully saturated rings. The van der Waals surface area contributed by atoms with E-state index < -0.39 is 5.97 Å². The normalized spacial score (nSPS) is 13.2. The number of furan rings is 1. The van der Waals surface area contributed by atoms with Crippen LogP contribution in [0, 0.1) is 0 Å². The van der Waals surface area contributed by atoms with Gasteiger partial charge in [0.25, 0.3) is 0 Å². The van der Waals surface area contributed by atoms with Crippen LogP contribution in [-0.4, -0.2) is 22.6 Å². The molecule has 4 nitrogen and oxygen atoms in total. The maximum absolute atomic E-state index is 12.5. The number of hydrogen-bond donors (Lipinski definition) is 1. The molecule has 1 aromatic heterocycles. The van der Waals surface area contributed by atoms with Crippen molar-refractivity contribution in [1.29, 1.82) is 0 Å². The van der Waals surface area contributed by atoms with E-state index in [4.69, 9.17) is 9.52 Å². The maximum atomic E-state index is 12.5. The summed E-state index contributed by atoms with van der Waals surface area (Å²) in [6.45, 7) is 0. The predicted molar refractivity (Wildman–Crippen MR) is 74.4 cm³/mol. The Morgan fingerprint density at radius 1 is 1.35 bits per heavy atom. The van der Waals surface area contributed by atoms with Crippen molar-refractivity contribution >= 4 is 23.5 Å². The van der Waals surface area contributed by atoms with E-state index in [1.807, 2.05) is 6.07 Å². The van der Waals surface area contributed by atoms with Crippen molar-refractivity contribution in [2.45, 2.75) is 17.7 Å². The Kier molecular flexibility index (Phi) is 3.36. The van der Waals surface area contributed by atoms with Crippen LogP contribution in [0.3, 0.4) is 0 Å². The van der Waals surface area contributed by atoms with Crippen LogP contribution in [0.2, 0.25) is 0 Å². The minimum Gasteiger partial charge on any atom is -0.481 e. The number of ketones is 1. The minimum absolute atomic E-state index is 0.0659. The molecule has 2 heterocycles. The van der Waals surface area contributed by atoms with Crippen molar-refractivity contribution in [3.8, 4) is 0 Å². The van der Waals surface area contributed by atoms with Gasteiger partial charge in [-0.3, -0.25) is 9.59 Å². The Balaban J connectivity index is 2.07. The number of carbonyl (C=O) groups is 2. The number of carbonyl (C=O) groups excluding carboxylic acids is 1. The lowest BCUT2D eigenvalue weighted by atomic mass is 9.97. The molecule has 2 aromatic rings.